The van der Waals surface area contributed by atoms with Gasteiger partial charge in [-0.05, 0) is 31.7 Å². The Morgan fingerprint density at radius 2 is 2.35 bits per heavy atom. The molecule has 1 saturated carbocycles. The van der Waals surface area contributed by atoms with Crippen LogP contribution in [0.25, 0.3) is 0 Å². The third-order valence-electron chi connectivity index (χ3n) is 3.63. The summed E-state index contributed by atoms with van der Waals surface area (Å²) in [7, 11) is 1.71. The van der Waals surface area contributed by atoms with E-state index in [4.69, 9.17) is 4.74 Å². The number of Topliss-reactive ketones (excluding diaryl/α,β-unsaturated/α-hetero) is 1. The number of ketones is 1. The molecule has 0 unspecified atom stereocenters. The first-order valence-corrected chi connectivity index (χ1v) is 6.25. The van der Waals surface area contributed by atoms with Crippen molar-refractivity contribution < 1.29 is 9.53 Å². The highest BCUT2D eigenvalue weighted by Crippen LogP contribution is 2.38. The van der Waals surface area contributed by atoms with Gasteiger partial charge in [0, 0.05) is 32.7 Å². The van der Waals surface area contributed by atoms with Gasteiger partial charge in [0.1, 0.15) is 5.78 Å². The number of aromatic nitrogens is 2. The molecule has 0 N–H and O–H groups in total. The van der Waals surface area contributed by atoms with Crippen LogP contribution in [0, 0.1) is 0 Å². The van der Waals surface area contributed by atoms with Crippen molar-refractivity contribution in [2.45, 2.75) is 51.2 Å². The highest BCUT2D eigenvalue weighted by atomic mass is 16.5. The lowest BCUT2D eigenvalue weighted by atomic mass is 9.76. The van der Waals surface area contributed by atoms with Crippen LogP contribution in [0.2, 0.25) is 0 Å². The standard InChI is InChI=1S/C13H20N2O2/c1-3-15-10-11(9-14-15)7-12(16)8-13(17-2)5-4-6-13/h9-10H,3-8H2,1-2H3. The molecular formula is C13H20N2O2. The number of methoxy groups -OCH3 is 1. The van der Waals surface area contributed by atoms with Gasteiger partial charge < -0.3 is 4.74 Å². The maximum absolute atomic E-state index is 12.0. The van der Waals surface area contributed by atoms with Crippen LogP contribution >= 0.6 is 0 Å². The van der Waals surface area contributed by atoms with Crippen LogP contribution in [0.15, 0.2) is 12.4 Å². The van der Waals surface area contributed by atoms with E-state index in [0.29, 0.717) is 12.8 Å². The van der Waals surface area contributed by atoms with E-state index in [1.54, 1.807) is 13.3 Å². The first-order chi connectivity index (χ1) is 8.17. The van der Waals surface area contributed by atoms with Gasteiger partial charge in [0.05, 0.1) is 11.8 Å². The van der Waals surface area contributed by atoms with Gasteiger partial charge in [0.15, 0.2) is 0 Å². The highest BCUT2D eigenvalue weighted by molar-refractivity contribution is 5.81. The van der Waals surface area contributed by atoms with E-state index in [1.807, 2.05) is 17.8 Å². The minimum absolute atomic E-state index is 0.155. The van der Waals surface area contributed by atoms with Gasteiger partial charge in [-0.1, -0.05) is 0 Å². The molecule has 1 aliphatic carbocycles. The fourth-order valence-corrected chi connectivity index (χ4v) is 2.34. The van der Waals surface area contributed by atoms with Crippen LogP contribution in [0.3, 0.4) is 0 Å². The lowest BCUT2D eigenvalue weighted by molar-refractivity contribution is -0.131. The lowest BCUT2D eigenvalue weighted by Crippen LogP contribution is -2.41. The van der Waals surface area contributed by atoms with E-state index in [9.17, 15) is 4.79 Å². The number of nitrogens with zero attached hydrogens (tertiary/aromatic N) is 2. The molecule has 4 heteroatoms. The van der Waals surface area contributed by atoms with Crippen molar-refractivity contribution in [2.75, 3.05) is 7.11 Å². The van der Waals surface area contributed by atoms with Crippen LogP contribution < -0.4 is 0 Å². The van der Waals surface area contributed by atoms with E-state index >= 15 is 0 Å². The molecule has 0 bridgehead atoms. The maximum atomic E-state index is 12.0. The third kappa shape index (κ3) is 2.75. The van der Waals surface area contributed by atoms with Crippen molar-refractivity contribution in [1.82, 2.24) is 9.78 Å². The van der Waals surface area contributed by atoms with Gasteiger partial charge in [-0.3, -0.25) is 9.48 Å². The lowest BCUT2D eigenvalue weighted by Gasteiger charge is -2.40. The number of aryl methyl sites for hydroxylation is 1. The van der Waals surface area contributed by atoms with Crippen molar-refractivity contribution in [2.24, 2.45) is 0 Å². The number of hydrogen-bond donors (Lipinski definition) is 0. The molecule has 0 saturated heterocycles. The molecule has 2 rings (SSSR count). The molecule has 0 aromatic carbocycles. The van der Waals surface area contributed by atoms with Crippen LogP contribution in [0.5, 0.6) is 0 Å². The van der Waals surface area contributed by atoms with E-state index < -0.39 is 0 Å². The first kappa shape index (κ1) is 12.3. The van der Waals surface area contributed by atoms with Gasteiger partial charge in [0.2, 0.25) is 0 Å². The van der Waals surface area contributed by atoms with Gasteiger partial charge in [0.25, 0.3) is 0 Å². The quantitative estimate of drug-likeness (QED) is 0.758. The minimum Gasteiger partial charge on any atom is -0.378 e. The molecule has 0 atom stereocenters. The molecule has 94 valence electrons. The second-order valence-electron chi connectivity index (χ2n) is 4.84. The Kier molecular flexibility index (Phi) is 3.62. The average molecular weight is 236 g/mol. The SMILES string of the molecule is CCn1cc(CC(=O)CC2(OC)CCC2)cn1. The summed E-state index contributed by atoms with van der Waals surface area (Å²) in [6.07, 6.45) is 7.95. The van der Waals surface area contributed by atoms with Crippen LogP contribution in [-0.4, -0.2) is 28.3 Å². The van der Waals surface area contributed by atoms with E-state index in [2.05, 4.69) is 5.10 Å². The van der Waals surface area contributed by atoms with Crippen LogP contribution in [-0.2, 0) is 22.5 Å². The van der Waals surface area contributed by atoms with Gasteiger partial charge in [-0.25, -0.2) is 0 Å². The summed E-state index contributed by atoms with van der Waals surface area (Å²) in [6, 6.07) is 0. The fourth-order valence-electron chi connectivity index (χ4n) is 2.34. The smallest absolute Gasteiger partial charge is 0.140 e. The number of carbonyl (C=O) groups is 1. The van der Waals surface area contributed by atoms with E-state index in [-0.39, 0.29) is 11.4 Å². The second kappa shape index (κ2) is 5.00. The Balaban J connectivity index is 1.88. The van der Waals surface area contributed by atoms with Crippen molar-refractivity contribution in [1.29, 1.82) is 0 Å². The minimum atomic E-state index is -0.155. The zero-order valence-electron chi connectivity index (χ0n) is 10.6. The van der Waals surface area contributed by atoms with Gasteiger partial charge in [-0.15, -0.1) is 0 Å². The molecule has 0 aliphatic heterocycles. The monoisotopic (exact) mass is 236 g/mol. The molecule has 0 amide bonds. The molecule has 1 aromatic heterocycles. The number of rotatable bonds is 6. The summed E-state index contributed by atoms with van der Waals surface area (Å²) in [5.74, 6) is 0.252. The normalized spacial score (nSPS) is 17.8. The summed E-state index contributed by atoms with van der Waals surface area (Å²) in [6.45, 7) is 2.88. The van der Waals surface area contributed by atoms with Crippen LogP contribution in [0.1, 0.15) is 38.2 Å². The van der Waals surface area contributed by atoms with Crippen LogP contribution in [0.4, 0.5) is 0 Å². The van der Waals surface area contributed by atoms with Crippen molar-refractivity contribution in [3.05, 3.63) is 18.0 Å². The van der Waals surface area contributed by atoms with Crippen molar-refractivity contribution >= 4 is 5.78 Å². The number of hydrogen-bond acceptors (Lipinski definition) is 3. The Labute approximate surface area is 102 Å². The number of carbonyl (C=O) groups excluding carboxylic acids is 1. The van der Waals surface area contributed by atoms with E-state index in [0.717, 1.165) is 24.9 Å². The van der Waals surface area contributed by atoms with Gasteiger partial charge in [-0.2, -0.15) is 5.10 Å². The van der Waals surface area contributed by atoms with Crippen molar-refractivity contribution in [3.8, 4) is 0 Å². The predicted octanol–water partition coefficient (Wildman–Crippen LogP) is 1.97. The molecule has 17 heavy (non-hydrogen) atoms. The highest BCUT2D eigenvalue weighted by Gasteiger charge is 2.38. The molecule has 1 aromatic rings. The Bertz CT molecular complexity index is 388. The third-order valence-corrected chi connectivity index (χ3v) is 3.63. The zero-order valence-corrected chi connectivity index (χ0v) is 10.6. The van der Waals surface area contributed by atoms with Gasteiger partial charge >= 0.3 is 0 Å². The Morgan fingerprint density at radius 3 is 2.82 bits per heavy atom. The second-order valence-corrected chi connectivity index (χ2v) is 4.84. The fraction of sp³-hybridized carbons (Fsp3) is 0.692. The van der Waals surface area contributed by atoms with Crippen molar-refractivity contribution in [3.63, 3.8) is 0 Å². The molecule has 1 heterocycles. The zero-order chi connectivity index (χ0) is 12.3. The molecular weight excluding hydrogens is 216 g/mol. The summed E-state index contributed by atoms with van der Waals surface area (Å²) < 4.78 is 7.31. The molecule has 0 spiro atoms. The maximum Gasteiger partial charge on any atom is 0.140 e. The topological polar surface area (TPSA) is 44.1 Å². The predicted molar refractivity (Wildman–Crippen MR) is 64.8 cm³/mol. The first-order valence-electron chi connectivity index (χ1n) is 6.25. The Hall–Kier alpha value is -1.16. The largest absolute Gasteiger partial charge is 0.378 e. The van der Waals surface area contributed by atoms with E-state index in [1.165, 1.54) is 6.42 Å². The molecule has 1 aliphatic rings. The molecule has 4 nitrogen and oxygen atoms in total. The summed E-state index contributed by atoms with van der Waals surface area (Å²) >= 11 is 0. The average Bonchev–Trinajstić information content (AvgIpc) is 2.71. The molecule has 1 fully saturated rings. The summed E-state index contributed by atoms with van der Waals surface area (Å²) in [5.41, 5.74) is 0.847. The Morgan fingerprint density at radius 1 is 1.59 bits per heavy atom. The number of ether oxygens (including phenoxy) is 1. The molecule has 0 radical (unpaired) electrons. The summed E-state index contributed by atoms with van der Waals surface area (Å²) in [4.78, 5) is 12.0. The summed E-state index contributed by atoms with van der Waals surface area (Å²) in [5, 5.41) is 4.17.